The van der Waals surface area contributed by atoms with Gasteiger partial charge in [0.15, 0.2) is 0 Å². The molecule has 0 saturated carbocycles. The minimum atomic E-state index is -0.475. The van der Waals surface area contributed by atoms with Crippen molar-refractivity contribution in [3.63, 3.8) is 0 Å². The number of anilines is 3. The van der Waals surface area contributed by atoms with Crippen molar-refractivity contribution in [3.8, 4) is 55.6 Å². The van der Waals surface area contributed by atoms with Crippen LogP contribution in [-0.2, 0) is 5.41 Å². The molecule has 0 aliphatic heterocycles. The van der Waals surface area contributed by atoms with Crippen LogP contribution in [0.25, 0.3) is 97.7 Å². The fourth-order valence-electron chi connectivity index (χ4n) is 12.2. The molecule has 2 aromatic heterocycles. The summed E-state index contributed by atoms with van der Waals surface area (Å²) in [5.41, 5.74) is 21.7. The Balaban J connectivity index is 0.800. The summed E-state index contributed by atoms with van der Waals surface area (Å²) in [4.78, 5) is 2.41. The van der Waals surface area contributed by atoms with Crippen molar-refractivity contribution in [2.45, 2.75) is 5.41 Å². The van der Waals surface area contributed by atoms with Crippen LogP contribution in [0.4, 0.5) is 17.1 Å². The van der Waals surface area contributed by atoms with Crippen LogP contribution in [0.1, 0.15) is 22.3 Å². The van der Waals surface area contributed by atoms with E-state index in [0.717, 1.165) is 44.6 Å². The van der Waals surface area contributed by atoms with Crippen LogP contribution < -0.4 is 4.90 Å². The highest BCUT2D eigenvalue weighted by Crippen LogP contribution is 2.57. The maximum Gasteiger partial charge on any atom is 0.135 e. The number of furan rings is 1. The number of hydrogen-bond donors (Lipinski definition) is 0. The Morgan fingerprint density at radius 1 is 0.276 bits per heavy atom. The van der Waals surface area contributed by atoms with E-state index in [1.165, 1.54) is 92.5 Å². The van der Waals surface area contributed by atoms with Gasteiger partial charge in [0.1, 0.15) is 11.2 Å². The van der Waals surface area contributed by atoms with Crippen LogP contribution >= 0.6 is 11.3 Å². The van der Waals surface area contributed by atoms with Crippen LogP contribution in [0.3, 0.4) is 0 Å². The third-order valence-corrected chi connectivity index (χ3v) is 17.0. The zero-order valence-corrected chi connectivity index (χ0v) is 42.2. The molecule has 0 radical (unpaired) electrons. The lowest BCUT2D eigenvalue weighted by molar-refractivity contribution is 0.669. The molecule has 3 heteroatoms. The molecule has 2 heterocycles. The molecular formula is C73H47NOS. The van der Waals surface area contributed by atoms with E-state index in [2.05, 4.69) is 278 Å². The highest BCUT2D eigenvalue weighted by molar-refractivity contribution is 7.25. The van der Waals surface area contributed by atoms with Crippen LogP contribution in [0.15, 0.2) is 290 Å². The molecule has 76 heavy (non-hydrogen) atoms. The lowest BCUT2D eigenvalue weighted by atomic mass is 9.68. The number of para-hydroxylation sites is 1. The van der Waals surface area contributed by atoms with Gasteiger partial charge >= 0.3 is 0 Å². The normalized spacial score (nSPS) is 12.6. The molecule has 15 rings (SSSR count). The van der Waals surface area contributed by atoms with E-state index < -0.39 is 5.41 Å². The van der Waals surface area contributed by atoms with Gasteiger partial charge in [-0.3, -0.25) is 0 Å². The largest absolute Gasteiger partial charge is 0.456 e. The second kappa shape index (κ2) is 17.8. The van der Waals surface area contributed by atoms with Crippen LogP contribution in [0.2, 0.25) is 0 Å². The van der Waals surface area contributed by atoms with Crippen molar-refractivity contribution in [1.29, 1.82) is 0 Å². The van der Waals surface area contributed by atoms with Gasteiger partial charge in [-0.2, -0.15) is 0 Å². The zero-order chi connectivity index (χ0) is 50.2. The predicted molar refractivity (Wildman–Crippen MR) is 320 cm³/mol. The number of thiophene rings is 1. The maximum atomic E-state index is 6.13. The maximum absolute atomic E-state index is 6.13. The zero-order valence-electron chi connectivity index (χ0n) is 41.4. The van der Waals surface area contributed by atoms with Gasteiger partial charge in [-0.05, 0) is 151 Å². The standard InChI is InChI=1S/C73H47NOS/c1-3-13-56(14-4-1)73(57-15-5-2-6-16-57)67-20-10-7-17-61(67)64-47-60(41-42-68(64)73)74(58-37-31-50(32-38-58)48-23-27-52(28-24-48)54-35-43-70-65(45-54)62-18-8-11-21-69(62)75-70)59-39-33-51(34-40-59)49-25-29-53(30-26-49)55-36-44-72-66(46-55)63-19-9-12-22-71(63)76-72/h1-47H. The average Bonchev–Trinajstić information content (AvgIpc) is 4.16. The molecule has 1 aliphatic rings. The molecule has 14 aromatic rings. The summed E-state index contributed by atoms with van der Waals surface area (Å²) in [5.74, 6) is 0. The first-order chi connectivity index (χ1) is 37.6. The number of nitrogens with zero attached hydrogens (tertiary/aromatic N) is 1. The van der Waals surface area contributed by atoms with Gasteiger partial charge in [0.05, 0.1) is 5.41 Å². The second-order valence-electron chi connectivity index (χ2n) is 20.0. The molecule has 12 aromatic carbocycles. The quantitative estimate of drug-likeness (QED) is 0.143. The van der Waals surface area contributed by atoms with E-state index in [1.807, 2.05) is 23.5 Å². The lowest BCUT2D eigenvalue weighted by Crippen LogP contribution is -2.28. The molecule has 0 spiro atoms. The van der Waals surface area contributed by atoms with Crippen molar-refractivity contribution >= 4 is 70.5 Å². The molecule has 1 aliphatic carbocycles. The first-order valence-corrected chi connectivity index (χ1v) is 26.9. The molecule has 0 bridgehead atoms. The van der Waals surface area contributed by atoms with Gasteiger partial charge in [0.2, 0.25) is 0 Å². The Labute approximate surface area is 445 Å². The molecule has 0 unspecified atom stereocenters. The van der Waals surface area contributed by atoms with Crippen molar-refractivity contribution in [1.82, 2.24) is 0 Å². The second-order valence-corrected chi connectivity index (χ2v) is 21.0. The summed E-state index contributed by atoms with van der Waals surface area (Å²) in [7, 11) is 0. The highest BCUT2D eigenvalue weighted by atomic mass is 32.1. The monoisotopic (exact) mass is 985 g/mol. The smallest absolute Gasteiger partial charge is 0.135 e. The van der Waals surface area contributed by atoms with Gasteiger partial charge in [0.25, 0.3) is 0 Å². The molecule has 2 nitrogen and oxygen atoms in total. The van der Waals surface area contributed by atoms with Crippen molar-refractivity contribution < 1.29 is 4.42 Å². The lowest BCUT2D eigenvalue weighted by Gasteiger charge is -2.34. The Morgan fingerprint density at radius 3 is 1.34 bits per heavy atom. The summed E-state index contributed by atoms with van der Waals surface area (Å²) in [6, 6.07) is 105. The SMILES string of the molecule is c1ccc(C2(c3ccccc3)c3ccccc3-c3cc(N(c4ccc(-c5ccc(-c6ccc7oc8ccccc8c7c6)cc5)cc4)c4ccc(-c5ccc(-c6ccc7sc8ccccc8c7c6)cc5)cc4)ccc32)cc1. The van der Waals surface area contributed by atoms with Gasteiger partial charge in [0, 0.05) is 48.0 Å². The Bertz CT molecular complexity index is 4240. The fraction of sp³-hybridized carbons (Fsp3) is 0.0137. The van der Waals surface area contributed by atoms with Gasteiger partial charge in [-0.1, -0.05) is 212 Å². The third kappa shape index (κ3) is 7.16. The van der Waals surface area contributed by atoms with Crippen molar-refractivity contribution in [2.75, 3.05) is 4.90 Å². The van der Waals surface area contributed by atoms with Crippen LogP contribution in [-0.4, -0.2) is 0 Å². The topological polar surface area (TPSA) is 16.4 Å². The molecule has 0 N–H and O–H groups in total. The van der Waals surface area contributed by atoms with E-state index in [-0.39, 0.29) is 0 Å². The molecule has 0 saturated heterocycles. The van der Waals surface area contributed by atoms with E-state index in [0.29, 0.717) is 0 Å². The van der Waals surface area contributed by atoms with Crippen molar-refractivity contribution in [2.24, 2.45) is 0 Å². The summed E-state index contributed by atoms with van der Waals surface area (Å²) >= 11 is 1.86. The molecule has 0 fully saturated rings. The van der Waals surface area contributed by atoms with E-state index in [1.54, 1.807) is 0 Å². The Kier molecular flexibility index (Phi) is 10.3. The van der Waals surface area contributed by atoms with Gasteiger partial charge < -0.3 is 9.32 Å². The summed E-state index contributed by atoms with van der Waals surface area (Å²) in [5, 5.41) is 4.92. The molecule has 0 amide bonds. The first kappa shape index (κ1) is 44.0. The van der Waals surface area contributed by atoms with E-state index >= 15 is 0 Å². The van der Waals surface area contributed by atoms with Crippen molar-refractivity contribution in [3.05, 3.63) is 307 Å². The summed E-state index contributed by atoms with van der Waals surface area (Å²) in [6.07, 6.45) is 0. The van der Waals surface area contributed by atoms with Crippen LogP contribution in [0.5, 0.6) is 0 Å². The van der Waals surface area contributed by atoms with Crippen LogP contribution in [0, 0.1) is 0 Å². The number of fused-ring (bicyclic) bond motifs is 9. The van der Waals surface area contributed by atoms with Gasteiger partial charge in [-0.25, -0.2) is 0 Å². The molecular weight excluding hydrogens is 939 g/mol. The van der Waals surface area contributed by atoms with Gasteiger partial charge in [-0.15, -0.1) is 11.3 Å². The Morgan fingerprint density at radius 2 is 0.711 bits per heavy atom. The highest BCUT2D eigenvalue weighted by Gasteiger charge is 2.46. The molecule has 0 atom stereocenters. The number of hydrogen-bond acceptors (Lipinski definition) is 3. The minimum Gasteiger partial charge on any atom is -0.456 e. The molecule has 356 valence electrons. The average molecular weight is 986 g/mol. The Hall–Kier alpha value is -9.54. The minimum absolute atomic E-state index is 0.475. The number of benzene rings is 12. The number of rotatable bonds is 9. The summed E-state index contributed by atoms with van der Waals surface area (Å²) < 4.78 is 8.78. The summed E-state index contributed by atoms with van der Waals surface area (Å²) in [6.45, 7) is 0. The third-order valence-electron chi connectivity index (χ3n) is 15.8. The van der Waals surface area contributed by atoms with E-state index in [9.17, 15) is 0 Å². The fourth-order valence-corrected chi connectivity index (χ4v) is 13.2. The predicted octanol–water partition coefficient (Wildman–Crippen LogP) is 20.5. The van der Waals surface area contributed by atoms with E-state index in [4.69, 9.17) is 4.42 Å². The first-order valence-electron chi connectivity index (χ1n) is 26.0.